The van der Waals surface area contributed by atoms with E-state index in [-0.39, 0.29) is 11.4 Å². The monoisotopic (exact) mass is 254 g/mol. The molecule has 7 heteroatoms. The second-order valence-corrected chi connectivity index (χ2v) is 3.34. The van der Waals surface area contributed by atoms with E-state index in [9.17, 15) is 13.6 Å². The number of hydrogen-bond acceptors (Lipinski definition) is 3. The molecular weight excluding hydrogens is 246 g/mol. The molecule has 0 amide bonds. The smallest absolute Gasteiger partial charge is 0.387 e. The van der Waals surface area contributed by atoms with Gasteiger partial charge in [-0.15, -0.1) is 0 Å². The third-order valence-electron chi connectivity index (χ3n) is 2.16. The molecule has 2 rings (SSSR count). The van der Waals surface area contributed by atoms with Crippen LogP contribution in [0.25, 0.3) is 5.69 Å². The Morgan fingerprint density at radius 3 is 2.50 bits per heavy atom. The molecule has 0 saturated carbocycles. The zero-order valence-electron chi connectivity index (χ0n) is 8.96. The van der Waals surface area contributed by atoms with Crippen molar-refractivity contribution in [2.45, 2.75) is 6.61 Å². The first kappa shape index (κ1) is 12.0. The van der Waals surface area contributed by atoms with Gasteiger partial charge in [-0.05, 0) is 24.3 Å². The fraction of sp³-hybridized carbons (Fsp3) is 0.0909. The van der Waals surface area contributed by atoms with Gasteiger partial charge in [0.25, 0.3) is 0 Å². The average molecular weight is 254 g/mol. The van der Waals surface area contributed by atoms with Gasteiger partial charge in [0, 0.05) is 11.9 Å². The van der Waals surface area contributed by atoms with Crippen LogP contribution < -0.4 is 4.74 Å². The van der Waals surface area contributed by atoms with Gasteiger partial charge in [-0.3, -0.25) is 0 Å². The summed E-state index contributed by atoms with van der Waals surface area (Å²) in [6.45, 7) is -2.87. The van der Waals surface area contributed by atoms with E-state index in [1.165, 1.54) is 41.4 Å². The van der Waals surface area contributed by atoms with Gasteiger partial charge in [0.1, 0.15) is 12.1 Å². The molecule has 0 atom stereocenters. The van der Waals surface area contributed by atoms with Crippen LogP contribution >= 0.6 is 0 Å². The fourth-order valence-corrected chi connectivity index (χ4v) is 1.37. The fourth-order valence-electron chi connectivity index (χ4n) is 1.37. The maximum atomic E-state index is 11.9. The highest BCUT2D eigenvalue weighted by molar-refractivity contribution is 5.85. The number of alkyl halides is 2. The molecule has 0 fully saturated rings. The molecule has 0 spiro atoms. The summed E-state index contributed by atoms with van der Waals surface area (Å²) < 4.78 is 29.5. The number of rotatable bonds is 4. The van der Waals surface area contributed by atoms with Crippen molar-refractivity contribution in [3.8, 4) is 11.4 Å². The van der Waals surface area contributed by atoms with E-state index in [0.717, 1.165) is 0 Å². The first-order chi connectivity index (χ1) is 8.56. The van der Waals surface area contributed by atoms with Crippen molar-refractivity contribution >= 4 is 5.97 Å². The van der Waals surface area contributed by atoms with Gasteiger partial charge in [-0.2, -0.15) is 8.78 Å². The van der Waals surface area contributed by atoms with Crippen molar-refractivity contribution in [1.82, 2.24) is 9.55 Å². The quantitative estimate of drug-likeness (QED) is 0.908. The van der Waals surface area contributed by atoms with Gasteiger partial charge in [0.15, 0.2) is 5.69 Å². The van der Waals surface area contributed by atoms with E-state index in [1.807, 2.05) is 0 Å². The summed E-state index contributed by atoms with van der Waals surface area (Å²) in [4.78, 5) is 14.3. The molecule has 2 aromatic rings. The predicted molar refractivity (Wildman–Crippen MR) is 57.2 cm³/mol. The van der Waals surface area contributed by atoms with E-state index >= 15 is 0 Å². The molecule has 0 radical (unpaired) electrons. The SMILES string of the molecule is O=C(O)c1cn(-c2ccc(OC(F)F)cc2)cn1. The van der Waals surface area contributed by atoms with Crippen LogP contribution in [0.15, 0.2) is 36.8 Å². The van der Waals surface area contributed by atoms with Crippen LogP contribution in [-0.2, 0) is 0 Å². The number of ether oxygens (including phenoxy) is 1. The number of nitrogens with zero attached hydrogens (tertiary/aromatic N) is 2. The molecule has 1 aromatic carbocycles. The number of aromatic carboxylic acids is 1. The Morgan fingerprint density at radius 2 is 2.00 bits per heavy atom. The Labute approximate surface area is 100 Å². The third-order valence-corrected chi connectivity index (χ3v) is 2.16. The molecule has 0 unspecified atom stereocenters. The third kappa shape index (κ3) is 2.62. The maximum absolute atomic E-state index is 11.9. The predicted octanol–water partition coefficient (Wildman–Crippen LogP) is 2.17. The summed E-state index contributed by atoms with van der Waals surface area (Å²) >= 11 is 0. The second kappa shape index (κ2) is 4.82. The number of halogens is 2. The second-order valence-electron chi connectivity index (χ2n) is 3.34. The van der Waals surface area contributed by atoms with Gasteiger partial charge in [-0.1, -0.05) is 0 Å². The lowest BCUT2D eigenvalue weighted by Gasteiger charge is -2.05. The number of benzene rings is 1. The van der Waals surface area contributed by atoms with E-state index in [0.29, 0.717) is 5.69 Å². The summed E-state index contributed by atoms with van der Waals surface area (Å²) in [5.41, 5.74) is 0.500. The molecule has 18 heavy (non-hydrogen) atoms. The largest absolute Gasteiger partial charge is 0.476 e. The minimum atomic E-state index is -2.87. The Morgan fingerprint density at radius 1 is 1.33 bits per heavy atom. The van der Waals surface area contributed by atoms with Crippen molar-refractivity contribution < 1.29 is 23.4 Å². The Hall–Kier alpha value is -2.44. The first-order valence-corrected chi connectivity index (χ1v) is 4.89. The molecule has 0 aliphatic heterocycles. The number of imidazole rings is 1. The summed E-state index contributed by atoms with van der Waals surface area (Å²) in [5, 5.41) is 8.71. The molecule has 5 nitrogen and oxygen atoms in total. The van der Waals surface area contributed by atoms with Crippen molar-refractivity contribution in [1.29, 1.82) is 0 Å². The highest BCUT2D eigenvalue weighted by Gasteiger charge is 2.08. The van der Waals surface area contributed by atoms with Gasteiger partial charge in [-0.25, -0.2) is 9.78 Å². The number of carbonyl (C=O) groups is 1. The van der Waals surface area contributed by atoms with Crippen LogP contribution in [-0.4, -0.2) is 27.2 Å². The van der Waals surface area contributed by atoms with Crippen LogP contribution in [0.3, 0.4) is 0 Å². The van der Waals surface area contributed by atoms with Crippen LogP contribution in [0.5, 0.6) is 5.75 Å². The normalized spacial score (nSPS) is 10.6. The maximum Gasteiger partial charge on any atom is 0.387 e. The lowest BCUT2D eigenvalue weighted by atomic mass is 10.3. The van der Waals surface area contributed by atoms with E-state index in [4.69, 9.17) is 5.11 Å². The number of carboxylic acids is 1. The van der Waals surface area contributed by atoms with Crippen molar-refractivity contribution in [3.63, 3.8) is 0 Å². The van der Waals surface area contributed by atoms with Gasteiger partial charge >= 0.3 is 12.6 Å². The molecule has 1 aromatic heterocycles. The van der Waals surface area contributed by atoms with E-state index < -0.39 is 12.6 Å². The summed E-state index contributed by atoms with van der Waals surface area (Å²) in [6, 6.07) is 5.76. The van der Waals surface area contributed by atoms with Crippen LogP contribution in [0.4, 0.5) is 8.78 Å². The highest BCUT2D eigenvalue weighted by Crippen LogP contribution is 2.17. The van der Waals surface area contributed by atoms with Crippen LogP contribution in [0.2, 0.25) is 0 Å². The molecule has 0 aliphatic carbocycles. The minimum Gasteiger partial charge on any atom is -0.476 e. The summed E-state index contributed by atoms with van der Waals surface area (Å²) in [7, 11) is 0. The van der Waals surface area contributed by atoms with Crippen molar-refractivity contribution in [2.24, 2.45) is 0 Å². The number of carboxylic acid groups (broad SMARTS) is 1. The zero-order chi connectivity index (χ0) is 13.1. The standard InChI is InChI=1S/C11H8F2N2O3/c12-11(13)18-8-3-1-7(2-4-8)15-5-9(10(16)17)14-6-15/h1-6,11H,(H,16,17). The van der Waals surface area contributed by atoms with Crippen molar-refractivity contribution in [3.05, 3.63) is 42.5 Å². The van der Waals surface area contributed by atoms with Gasteiger partial charge in [0.2, 0.25) is 0 Å². The molecule has 94 valence electrons. The van der Waals surface area contributed by atoms with E-state index in [2.05, 4.69) is 9.72 Å². The highest BCUT2D eigenvalue weighted by atomic mass is 19.3. The lowest BCUT2D eigenvalue weighted by molar-refractivity contribution is -0.0498. The molecule has 0 aliphatic rings. The average Bonchev–Trinajstić information content (AvgIpc) is 2.78. The lowest BCUT2D eigenvalue weighted by Crippen LogP contribution is -2.01. The number of hydrogen-bond donors (Lipinski definition) is 1. The van der Waals surface area contributed by atoms with Gasteiger partial charge in [0.05, 0.1) is 0 Å². The minimum absolute atomic E-state index is 0.0346. The summed E-state index contributed by atoms with van der Waals surface area (Å²) in [6.07, 6.45) is 2.65. The number of aromatic nitrogens is 2. The van der Waals surface area contributed by atoms with Gasteiger partial charge < -0.3 is 14.4 Å². The van der Waals surface area contributed by atoms with Crippen LogP contribution in [0.1, 0.15) is 10.5 Å². The zero-order valence-corrected chi connectivity index (χ0v) is 8.96. The first-order valence-electron chi connectivity index (χ1n) is 4.89. The van der Waals surface area contributed by atoms with Crippen molar-refractivity contribution in [2.75, 3.05) is 0 Å². The Balaban J connectivity index is 2.20. The molecule has 0 bridgehead atoms. The topological polar surface area (TPSA) is 64.3 Å². The van der Waals surface area contributed by atoms with Crippen LogP contribution in [0, 0.1) is 0 Å². The molecule has 1 heterocycles. The molecule has 0 saturated heterocycles. The summed E-state index contributed by atoms with van der Waals surface area (Å²) in [5.74, 6) is -1.10. The van der Waals surface area contributed by atoms with E-state index in [1.54, 1.807) is 0 Å². The molecular formula is C11H8F2N2O3. The Bertz CT molecular complexity index is 552. The Kier molecular flexibility index (Phi) is 3.22. The molecule has 1 N–H and O–H groups in total.